The number of nitrogens with two attached hydrogens (primary N) is 1. The van der Waals surface area contributed by atoms with E-state index in [4.69, 9.17) is 5.73 Å². The molecule has 0 radical (unpaired) electrons. The third kappa shape index (κ3) is 5.72. The summed E-state index contributed by atoms with van der Waals surface area (Å²) in [4.78, 5) is 13.8. The highest BCUT2D eigenvalue weighted by molar-refractivity contribution is 14.0. The monoisotopic (exact) mass is 457 g/mol. The van der Waals surface area contributed by atoms with Gasteiger partial charge >= 0.3 is 0 Å². The van der Waals surface area contributed by atoms with Crippen LogP contribution in [0.25, 0.3) is 0 Å². The molecular formula is C19H32IN5. The molecule has 0 spiro atoms. The lowest BCUT2D eigenvalue weighted by Crippen LogP contribution is -2.42. The van der Waals surface area contributed by atoms with Crippen molar-refractivity contribution in [1.29, 1.82) is 0 Å². The van der Waals surface area contributed by atoms with Crippen molar-refractivity contribution in [3.63, 3.8) is 0 Å². The van der Waals surface area contributed by atoms with Gasteiger partial charge in [0.05, 0.1) is 6.54 Å². The first-order valence-electron chi connectivity index (χ1n) is 9.36. The Hall–Kier alpha value is -1.05. The summed E-state index contributed by atoms with van der Waals surface area (Å²) < 4.78 is 0. The molecule has 1 aromatic heterocycles. The van der Waals surface area contributed by atoms with Crippen molar-refractivity contribution in [3.05, 3.63) is 23.9 Å². The van der Waals surface area contributed by atoms with Gasteiger partial charge in [-0.2, -0.15) is 0 Å². The number of rotatable bonds is 3. The van der Waals surface area contributed by atoms with Crippen molar-refractivity contribution >= 4 is 35.8 Å². The first kappa shape index (κ1) is 20.3. The molecule has 2 aliphatic heterocycles. The lowest BCUT2D eigenvalue weighted by Gasteiger charge is -2.31. The van der Waals surface area contributed by atoms with Crippen LogP contribution in [0.1, 0.15) is 45.1 Å². The van der Waals surface area contributed by atoms with Crippen LogP contribution in [0.4, 0.5) is 5.82 Å². The standard InChI is InChI=1S/C19H31N5.HI/c1-15-5-9-23(10-6-15)18-4-3-17(13-21-18)14-22-19(20)24-11-7-16(2)8-12-24;/h3-4,13,15-16H,5-12,14H2,1-2H3,(H2,20,22);1H. The molecule has 5 nitrogen and oxygen atoms in total. The molecule has 3 rings (SSSR count). The lowest BCUT2D eigenvalue weighted by atomic mass is 9.99. The molecular weight excluding hydrogens is 425 g/mol. The summed E-state index contributed by atoms with van der Waals surface area (Å²) in [5, 5.41) is 0. The maximum absolute atomic E-state index is 6.15. The largest absolute Gasteiger partial charge is 0.370 e. The van der Waals surface area contributed by atoms with Gasteiger partial charge < -0.3 is 15.5 Å². The summed E-state index contributed by atoms with van der Waals surface area (Å²) in [7, 11) is 0. The molecule has 2 fully saturated rings. The fourth-order valence-electron chi connectivity index (χ4n) is 3.44. The van der Waals surface area contributed by atoms with Crippen LogP contribution >= 0.6 is 24.0 Å². The van der Waals surface area contributed by atoms with E-state index in [9.17, 15) is 0 Å². The van der Waals surface area contributed by atoms with Crippen LogP contribution in [0.5, 0.6) is 0 Å². The van der Waals surface area contributed by atoms with Crippen LogP contribution in [-0.4, -0.2) is 42.0 Å². The molecule has 2 aliphatic rings. The van der Waals surface area contributed by atoms with E-state index in [1.807, 2.05) is 6.20 Å². The van der Waals surface area contributed by atoms with E-state index in [1.54, 1.807) is 0 Å². The van der Waals surface area contributed by atoms with E-state index in [0.717, 1.165) is 49.4 Å². The maximum atomic E-state index is 6.15. The summed E-state index contributed by atoms with van der Waals surface area (Å²) in [6.07, 6.45) is 6.89. The molecule has 0 atom stereocenters. The number of piperidine rings is 2. The molecule has 0 aliphatic carbocycles. The Morgan fingerprint density at radius 3 is 2.24 bits per heavy atom. The van der Waals surface area contributed by atoms with Gasteiger partial charge in [0.25, 0.3) is 0 Å². The smallest absolute Gasteiger partial charge is 0.191 e. The average molecular weight is 457 g/mol. The fraction of sp³-hybridized carbons (Fsp3) is 0.684. The molecule has 0 aromatic carbocycles. The predicted molar refractivity (Wildman–Crippen MR) is 116 cm³/mol. The third-order valence-corrected chi connectivity index (χ3v) is 5.45. The number of pyridine rings is 1. The van der Waals surface area contributed by atoms with E-state index >= 15 is 0 Å². The average Bonchev–Trinajstić information content (AvgIpc) is 2.61. The number of halogens is 1. The second-order valence-electron chi connectivity index (χ2n) is 7.54. The van der Waals surface area contributed by atoms with E-state index in [-0.39, 0.29) is 24.0 Å². The zero-order chi connectivity index (χ0) is 16.9. The van der Waals surface area contributed by atoms with E-state index in [2.05, 4.69) is 45.8 Å². The maximum Gasteiger partial charge on any atom is 0.191 e. The van der Waals surface area contributed by atoms with Crippen molar-refractivity contribution in [2.24, 2.45) is 22.6 Å². The number of aromatic nitrogens is 1. The highest BCUT2D eigenvalue weighted by Crippen LogP contribution is 2.21. The quantitative estimate of drug-likeness (QED) is 0.429. The zero-order valence-electron chi connectivity index (χ0n) is 15.5. The van der Waals surface area contributed by atoms with Crippen molar-refractivity contribution in [2.75, 3.05) is 31.1 Å². The molecule has 25 heavy (non-hydrogen) atoms. The highest BCUT2D eigenvalue weighted by Gasteiger charge is 2.18. The van der Waals surface area contributed by atoms with Gasteiger partial charge in [-0.3, -0.25) is 0 Å². The van der Waals surface area contributed by atoms with Gasteiger partial charge in [-0.05, 0) is 49.1 Å². The van der Waals surface area contributed by atoms with Crippen molar-refractivity contribution in [1.82, 2.24) is 9.88 Å². The number of nitrogens with zero attached hydrogens (tertiary/aromatic N) is 4. The summed E-state index contributed by atoms with van der Waals surface area (Å²) in [6.45, 7) is 9.54. The minimum atomic E-state index is 0. The molecule has 2 saturated heterocycles. The summed E-state index contributed by atoms with van der Waals surface area (Å²) in [6, 6.07) is 4.26. The van der Waals surface area contributed by atoms with Gasteiger partial charge in [0.15, 0.2) is 5.96 Å². The van der Waals surface area contributed by atoms with Crippen LogP contribution in [-0.2, 0) is 6.54 Å². The molecule has 1 aromatic rings. The summed E-state index contributed by atoms with van der Waals surface area (Å²) in [5.41, 5.74) is 7.27. The fourth-order valence-corrected chi connectivity index (χ4v) is 3.44. The first-order chi connectivity index (χ1) is 11.6. The molecule has 0 bridgehead atoms. The second-order valence-corrected chi connectivity index (χ2v) is 7.54. The van der Waals surface area contributed by atoms with Gasteiger partial charge in [-0.15, -0.1) is 24.0 Å². The van der Waals surface area contributed by atoms with Crippen LogP contribution in [0.15, 0.2) is 23.3 Å². The van der Waals surface area contributed by atoms with Gasteiger partial charge in [-0.25, -0.2) is 9.98 Å². The Kier molecular flexibility index (Phi) is 7.78. The van der Waals surface area contributed by atoms with Crippen molar-refractivity contribution < 1.29 is 0 Å². The van der Waals surface area contributed by atoms with Crippen LogP contribution in [0.3, 0.4) is 0 Å². The van der Waals surface area contributed by atoms with Crippen LogP contribution in [0, 0.1) is 11.8 Å². The molecule has 0 amide bonds. The number of aliphatic imine (C=N–C) groups is 1. The SMILES string of the molecule is CC1CCN(C(N)=NCc2ccc(N3CCC(C)CC3)nc2)CC1.I. The molecule has 140 valence electrons. The number of hydrogen-bond donors (Lipinski definition) is 1. The number of hydrogen-bond acceptors (Lipinski definition) is 3. The topological polar surface area (TPSA) is 57.8 Å². The number of guanidine groups is 1. The van der Waals surface area contributed by atoms with Crippen molar-refractivity contribution in [2.45, 2.75) is 46.1 Å². The molecule has 6 heteroatoms. The van der Waals surface area contributed by atoms with Crippen LogP contribution in [0.2, 0.25) is 0 Å². The van der Waals surface area contributed by atoms with Crippen LogP contribution < -0.4 is 10.6 Å². The van der Waals surface area contributed by atoms with Gasteiger partial charge in [0.1, 0.15) is 5.82 Å². The summed E-state index contributed by atoms with van der Waals surface area (Å²) in [5.74, 6) is 3.42. The number of likely N-dealkylation sites (tertiary alicyclic amines) is 1. The Morgan fingerprint density at radius 2 is 1.68 bits per heavy atom. The minimum absolute atomic E-state index is 0. The van der Waals surface area contributed by atoms with Crippen molar-refractivity contribution in [3.8, 4) is 0 Å². The Bertz CT molecular complexity index is 543. The van der Waals surface area contributed by atoms with E-state index < -0.39 is 0 Å². The Labute approximate surface area is 169 Å². The normalized spacial score (nSPS) is 20.5. The zero-order valence-corrected chi connectivity index (χ0v) is 17.9. The lowest BCUT2D eigenvalue weighted by molar-refractivity contribution is 0.277. The Morgan fingerprint density at radius 1 is 1.08 bits per heavy atom. The van der Waals surface area contributed by atoms with E-state index in [1.165, 1.54) is 25.7 Å². The highest BCUT2D eigenvalue weighted by atomic mass is 127. The Balaban J connectivity index is 0.00000225. The molecule has 2 N–H and O–H groups in total. The predicted octanol–water partition coefficient (Wildman–Crippen LogP) is 3.48. The molecule has 0 saturated carbocycles. The third-order valence-electron chi connectivity index (χ3n) is 5.45. The number of anilines is 1. The van der Waals surface area contributed by atoms with Gasteiger partial charge in [0.2, 0.25) is 0 Å². The molecule has 3 heterocycles. The first-order valence-corrected chi connectivity index (χ1v) is 9.36. The minimum Gasteiger partial charge on any atom is -0.370 e. The second kappa shape index (κ2) is 9.59. The van der Waals surface area contributed by atoms with Gasteiger partial charge in [-0.1, -0.05) is 19.9 Å². The van der Waals surface area contributed by atoms with Gasteiger partial charge in [0, 0.05) is 32.4 Å². The van der Waals surface area contributed by atoms with E-state index in [0.29, 0.717) is 12.5 Å². The molecule has 0 unspecified atom stereocenters. The summed E-state index contributed by atoms with van der Waals surface area (Å²) >= 11 is 0.